The first kappa shape index (κ1) is 72.9. The first-order valence-corrected chi connectivity index (χ1v) is 31.2. The Balaban J connectivity index is 0.000000146. The van der Waals surface area contributed by atoms with E-state index in [0.29, 0.717) is 70.9 Å². The van der Waals surface area contributed by atoms with Gasteiger partial charge in [0.15, 0.2) is 0 Å². The minimum absolute atomic E-state index is 0.0263. The van der Waals surface area contributed by atoms with Gasteiger partial charge in [0.2, 0.25) is 0 Å². The highest BCUT2D eigenvalue weighted by Crippen LogP contribution is 2.38. The molecule has 0 unspecified atom stereocenters. The van der Waals surface area contributed by atoms with E-state index in [9.17, 15) is 52.7 Å². The van der Waals surface area contributed by atoms with E-state index < -0.39 is 25.2 Å². The van der Waals surface area contributed by atoms with Gasteiger partial charge in [0.25, 0.3) is 0 Å². The molecule has 0 fully saturated rings. The summed E-state index contributed by atoms with van der Waals surface area (Å²) in [6.07, 6.45) is -8.45. The van der Waals surface area contributed by atoms with Gasteiger partial charge in [-0.1, -0.05) is 18.3 Å². The smallest absolute Gasteiger partial charge is 0.384 e. The molecule has 0 saturated heterocycles. The molecule has 3 aliphatic heterocycles. The number of alkyl halides is 12. The quantitative estimate of drug-likeness (QED) is 0.0794. The number of nitrogens with one attached hydrogen (secondary N) is 2. The third kappa shape index (κ3) is 17.8. The van der Waals surface area contributed by atoms with Crippen LogP contribution in [0.1, 0.15) is 55.6 Å². The molecule has 4 N–H and O–H groups in total. The number of thiocarbonyl (C=S) groups is 1. The fourth-order valence-corrected chi connectivity index (χ4v) is 11.6. The standard InChI is InChI=1S/C11H10N2S2.C10H4BrF3N2.C10H9F3N2.C10H7F3N2.C10H5F3N2.C9H8N2.C9H6N2/c1-15-11(14)13-5-4-9-6-8(7-12)2-3-10(9)13;11-8-5-16(10(12,13)14)9-2-1-6(4-15)3-7(8)9;3*11-10(12,13)15-4-3-8-5-7(6-14)1-2-9(8)15;2*10-6-7-1-2-9-8(5-7)3-4-11-9/h2-3,6H,4-5H2,1H3;1-3,5H;1-5H,6,14H2;1-2,5H,3-4H2;1-5H;1-2,5,11H,3-4H2;1-5,11H. The second kappa shape index (κ2) is 31.3. The first-order chi connectivity index (χ1) is 46.5. The van der Waals surface area contributed by atoms with Crippen molar-refractivity contribution in [3.8, 4) is 36.4 Å². The molecule has 0 radical (unpaired) electrons. The van der Waals surface area contributed by atoms with E-state index >= 15 is 0 Å². The van der Waals surface area contributed by atoms with Crippen LogP contribution >= 0.6 is 39.9 Å². The Bertz CT molecular complexity index is 5000. The molecule has 7 heterocycles. The molecule has 3 aliphatic rings. The zero-order chi connectivity index (χ0) is 71.3. The molecule has 29 heteroatoms. The van der Waals surface area contributed by atoms with Gasteiger partial charge in [-0.05, 0) is 203 Å². The highest BCUT2D eigenvalue weighted by molar-refractivity contribution is 9.10. The van der Waals surface area contributed by atoms with Gasteiger partial charge >= 0.3 is 25.2 Å². The number of halogens is 13. The predicted molar refractivity (Wildman–Crippen MR) is 358 cm³/mol. The normalized spacial score (nSPS) is 12.5. The number of benzene rings is 7. The molecular formula is C69H49BrF12N14S2. The fraction of sp³-hybridized carbons (Fsp3) is 0.174. The van der Waals surface area contributed by atoms with Crippen molar-refractivity contribution < 1.29 is 52.7 Å². The summed E-state index contributed by atoms with van der Waals surface area (Å²) in [5.41, 5.74) is 16.4. The summed E-state index contributed by atoms with van der Waals surface area (Å²) >= 11 is 9.91. The van der Waals surface area contributed by atoms with Gasteiger partial charge in [-0.25, -0.2) is 0 Å². The lowest BCUT2D eigenvalue weighted by Crippen LogP contribution is -2.36. The SMILES string of the molecule is CSC(=S)N1CCc2cc(C#N)ccc21.N#Cc1ccc2[nH]ccc2c1.N#Cc1ccc2c(c1)CCN2.N#Cc1ccc2c(c1)CCN2C(F)(F)F.N#Cc1ccc2c(c1)c(Br)cn2C(F)(F)F.N#Cc1ccc2c(ccn2C(F)(F)F)c1.NCc1ccc2c(ccn2C(F)(F)F)c1. The fourth-order valence-electron chi connectivity index (χ4n) is 10.4. The molecule has 98 heavy (non-hydrogen) atoms. The third-order valence-electron chi connectivity index (χ3n) is 15.0. The van der Waals surface area contributed by atoms with Crippen LogP contribution in [-0.4, -0.2) is 55.2 Å². The minimum Gasteiger partial charge on any atom is -0.384 e. The average Bonchev–Trinajstić information content (AvgIpc) is 1.67. The molecule has 0 spiro atoms. The molecule has 0 bridgehead atoms. The van der Waals surface area contributed by atoms with Crippen LogP contribution in [0.25, 0.3) is 43.6 Å². The van der Waals surface area contributed by atoms with Crippen molar-refractivity contribution in [2.24, 2.45) is 5.73 Å². The van der Waals surface area contributed by atoms with Crippen molar-refractivity contribution in [3.05, 3.63) is 230 Å². The molecule has 0 saturated carbocycles. The maximum atomic E-state index is 12.6. The summed E-state index contributed by atoms with van der Waals surface area (Å²) in [5.74, 6) is 0. The molecule has 0 amide bonds. The summed E-state index contributed by atoms with van der Waals surface area (Å²) < 4.78 is 152. The van der Waals surface area contributed by atoms with Gasteiger partial charge in [-0.15, -0.1) is 51.3 Å². The molecule has 498 valence electrons. The lowest BCUT2D eigenvalue weighted by Gasteiger charge is -2.21. The first-order valence-electron chi connectivity index (χ1n) is 28.8. The third-order valence-corrected chi connectivity index (χ3v) is 17.0. The predicted octanol–water partition coefficient (Wildman–Crippen LogP) is 17.9. The molecule has 4 aromatic heterocycles. The molecule has 0 atom stereocenters. The van der Waals surface area contributed by atoms with E-state index in [1.165, 1.54) is 89.6 Å². The van der Waals surface area contributed by atoms with Crippen molar-refractivity contribution in [3.63, 3.8) is 0 Å². The Hall–Kier alpha value is -10.9. The van der Waals surface area contributed by atoms with Crippen molar-refractivity contribution >= 4 is 105 Å². The largest absolute Gasteiger partial charge is 0.488 e. The summed E-state index contributed by atoms with van der Waals surface area (Å²) in [6, 6.07) is 51.0. The van der Waals surface area contributed by atoms with Crippen molar-refractivity contribution in [2.45, 2.75) is 51.0 Å². The van der Waals surface area contributed by atoms with Gasteiger partial charge in [0, 0.05) is 99.6 Å². The van der Waals surface area contributed by atoms with E-state index in [0.717, 1.165) is 82.1 Å². The van der Waals surface area contributed by atoms with Crippen LogP contribution in [0, 0.1) is 68.0 Å². The average molecular weight is 1450 g/mol. The Morgan fingerprint density at radius 2 is 0.980 bits per heavy atom. The zero-order valence-corrected chi connectivity index (χ0v) is 54.1. The topological polar surface area (TPSA) is 218 Å². The number of anilines is 3. The van der Waals surface area contributed by atoms with Crippen LogP contribution in [0.4, 0.5) is 69.7 Å². The summed E-state index contributed by atoms with van der Waals surface area (Å²) in [4.78, 5) is 5.60. The maximum Gasteiger partial charge on any atom is 0.488 e. The minimum atomic E-state index is -4.46. The Morgan fingerprint density at radius 3 is 1.53 bits per heavy atom. The van der Waals surface area contributed by atoms with Crippen LogP contribution < -0.4 is 20.9 Å². The van der Waals surface area contributed by atoms with Gasteiger partial charge in [-0.2, -0.15) is 44.7 Å². The zero-order valence-electron chi connectivity index (χ0n) is 50.8. The van der Waals surface area contributed by atoms with E-state index in [4.69, 9.17) is 49.5 Å². The number of aromatic nitrogens is 4. The number of hydrogen-bond donors (Lipinski definition) is 3. The number of rotatable bonds is 1. The summed E-state index contributed by atoms with van der Waals surface area (Å²) in [5, 5.41) is 57.5. The molecule has 11 aromatic rings. The van der Waals surface area contributed by atoms with Crippen molar-refractivity contribution in [1.29, 1.82) is 31.6 Å². The molecule has 14 nitrogen and oxygen atoms in total. The van der Waals surface area contributed by atoms with Crippen LogP contribution in [-0.2, 0) is 44.7 Å². The van der Waals surface area contributed by atoms with Crippen molar-refractivity contribution in [2.75, 3.05) is 41.0 Å². The number of hydrogen-bond acceptors (Lipinski definition) is 11. The van der Waals surface area contributed by atoms with Gasteiger partial charge < -0.3 is 20.9 Å². The van der Waals surface area contributed by atoms with Gasteiger partial charge in [0.05, 0.1) is 86.3 Å². The Morgan fingerprint density at radius 1 is 0.510 bits per heavy atom. The van der Waals surface area contributed by atoms with Crippen LogP contribution in [0.2, 0.25) is 0 Å². The number of aromatic amines is 1. The van der Waals surface area contributed by atoms with Crippen LogP contribution in [0.15, 0.2) is 175 Å². The summed E-state index contributed by atoms with van der Waals surface area (Å²) in [6.45, 7) is 2.20. The Kier molecular flexibility index (Phi) is 23.3. The lowest BCUT2D eigenvalue weighted by molar-refractivity contribution is -0.201. The van der Waals surface area contributed by atoms with E-state index in [1.807, 2.05) is 85.3 Å². The van der Waals surface area contributed by atoms with Crippen LogP contribution in [0.5, 0.6) is 0 Å². The number of nitrogens with zero attached hydrogens (tertiary/aromatic N) is 11. The van der Waals surface area contributed by atoms with Crippen molar-refractivity contribution in [1.82, 2.24) is 18.7 Å². The highest BCUT2D eigenvalue weighted by Gasteiger charge is 2.41. The monoisotopic (exact) mass is 1440 g/mol. The number of thioether (sulfide) groups is 1. The number of fused-ring (bicyclic) bond motifs is 7. The van der Waals surface area contributed by atoms with Gasteiger partial charge in [0.1, 0.15) is 4.32 Å². The number of nitrogens with two attached hydrogens (primary N) is 1. The molecule has 0 aliphatic carbocycles. The van der Waals surface area contributed by atoms with Gasteiger partial charge in [-0.3, -0.25) is 18.6 Å². The summed E-state index contributed by atoms with van der Waals surface area (Å²) in [7, 11) is 0. The second-order valence-electron chi connectivity index (χ2n) is 21.2. The van der Waals surface area contributed by atoms with E-state index in [-0.39, 0.29) is 37.9 Å². The Labute approximate surface area is 569 Å². The molecule has 7 aromatic carbocycles. The van der Waals surface area contributed by atoms with Crippen LogP contribution in [0.3, 0.4) is 0 Å². The number of H-pyrrole nitrogens is 1. The molecule has 14 rings (SSSR count). The molecular weight excluding hydrogens is 1400 g/mol. The second-order valence-corrected chi connectivity index (χ2v) is 23.4. The highest BCUT2D eigenvalue weighted by atomic mass is 79.9. The maximum absolute atomic E-state index is 12.6. The lowest BCUT2D eigenvalue weighted by atomic mass is 10.1. The number of nitriles is 6. The van der Waals surface area contributed by atoms with E-state index in [2.05, 4.69) is 49.3 Å². The van der Waals surface area contributed by atoms with E-state index in [1.54, 1.807) is 30.0 Å².